The zero-order valence-corrected chi connectivity index (χ0v) is 7.16. The Bertz CT molecular complexity index is 446. The number of carboxylic acid groups (broad SMARTS) is 1. The zero-order valence-electron chi connectivity index (χ0n) is 7.16. The van der Waals surface area contributed by atoms with Crippen LogP contribution in [0, 0.1) is 0 Å². The monoisotopic (exact) mass is 192 g/mol. The van der Waals surface area contributed by atoms with Gasteiger partial charge in [-0.25, -0.2) is 9.50 Å². The Labute approximate surface area is 79.0 Å². The minimum atomic E-state index is -1.06. The first-order chi connectivity index (χ1) is 6.68. The molecular formula is C8H8N4O2. The van der Waals surface area contributed by atoms with Crippen molar-refractivity contribution in [1.82, 2.24) is 14.6 Å². The van der Waals surface area contributed by atoms with E-state index >= 15 is 0 Å². The van der Waals surface area contributed by atoms with E-state index in [-0.39, 0.29) is 0 Å². The third-order valence-corrected chi connectivity index (χ3v) is 1.93. The molecule has 0 amide bonds. The Morgan fingerprint density at radius 2 is 2.43 bits per heavy atom. The second-order valence-electron chi connectivity index (χ2n) is 2.87. The first kappa shape index (κ1) is 8.64. The normalized spacial score (nSPS) is 12.9. The summed E-state index contributed by atoms with van der Waals surface area (Å²) in [7, 11) is 0. The van der Waals surface area contributed by atoms with Crippen LogP contribution in [-0.4, -0.2) is 25.7 Å². The number of carboxylic acids is 1. The highest BCUT2D eigenvalue weighted by atomic mass is 16.4. The highest BCUT2D eigenvalue weighted by Gasteiger charge is 2.15. The lowest BCUT2D eigenvalue weighted by Gasteiger charge is -2.00. The van der Waals surface area contributed by atoms with E-state index in [0.717, 1.165) is 5.52 Å². The van der Waals surface area contributed by atoms with Gasteiger partial charge in [-0.3, -0.25) is 4.79 Å². The minimum absolute atomic E-state index is 0.512. The Balaban J connectivity index is 2.50. The van der Waals surface area contributed by atoms with Crippen LogP contribution >= 0.6 is 0 Å². The summed E-state index contributed by atoms with van der Waals surface area (Å²) in [5, 5.41) is 12.6. The van der Waals surface area contributed by atoms with Gasteiger partial charge in [0.1, 0.15) is 12.4 Å². The molecule has 6 nitrogen and oxygen atoms in total. The van der Waals surface area contributed by atoms with Gasteiger partial charge in [-0.15, -0.1) is 0 Å². The van der Waals surface area contributed by atoms with E-state index in [1.54, 1.807) is 18.5 Å². The van der Waals surface area contributed by atoms with Gasteiger partial charge < -0.3 is 10.8 Å². The van der Waals surface area contributed by atoms with Gasteiger partial charge in [-0.1, -0.05) is 0 Å². The Morgan fingerprint density at radius 1 is 1.64 bits per heavy atom. The van der Waals surface area contributed by atoms with Crippen LogP contribution in [0.1, 0.15) is 11.6 Å². The highest BCUT2D eigenvalue weighted by molar-refractivity contribution is 5.76. The van der Waals surface area contributed by atoms with Crippen molar-refractivity contribution in [1.29, 1.82) is 0 Å². The Morgan fingerprint density at radius 3 is 3.07 bits per heavy atom. The van der Waals surface area contributed by atoms with Crippen LogP contribution in [0.4, 0.5) is 0 Å². The SMILES string of the molecule is NC(C(=O)O)c1cc2cncnn2c1. The third kappa shape index (κ3) is 1.31. The molecule has 2 aromatic rings. The van der Waals surface area contributed by atoms with E-state index in [4.69, 9.17) is 10.8 Å². The molecule has 72 valence electrons. The smallest absolute Gasteiger partial charge is 0.325 e. The minimum Gasteiger partial charge on any atom is -0.480 e. The average molecular weight is 192 g/mol. The molecule has 2 aromatic heterocycles. The Hall–Kier alpha value is -1.95. The van der Waals surface area contributed by atoms with E-state index in [9.17, 15) is 4.79 Å². The molecule has 0 aliphatic rings. The standard InChI is InChI=1S/C8H8N4O2/c9-7(8(13)14)5-1-6-2-10-4-11-12(6)3-5/h1-4,7H,9H2,(H,13,14). The van der Waals surface area contributed by atoms with Crippen molar-refractivity contribution in [2.75, 3.05) is 0 Å². The number of nitrogens with zero attached hydrogens (tertiary/aromatic N) is 3. The number of carbonyl (C=O) groups is 1. The zero-order chi connectivity index (χ0) is 10.1. The average Bonchev–Trinajstić information content (AvgIpc) is 2.59. The number of nitrogens with two attached hydrogens (primary N) is 1. The molecule has 6 heteroatoms. The van der Waals surface area contributed by atoms with Gasteiger partial charge in [0.25, 0.3) is 0 Å². The number of aliphatic carboxylic acids is 1. The molecular weight excluding hydrogens is 184 g/mol. The molecule has 0 aliphatic carbocycles. The lowest BCUT2D eigenvalue weighted by atomic mass is 10.2. The second-order valence-corrected chi connectivity index (χ2v) is 2.87. The van der Waals surface area contributed by atoms with Crippen LogP contribution in [0.2, 0.25) is 0 Å². The molecule has 0 aromatic carbocycles. The molecule has 0 fully saturated rings. The van der Waals surface area contributed by atoms with Gasteiger partial charge in [0.05, 0.1) is 11.7 Å². The van der Waals surface area contributed by atoms with Crippen LogP contribution in [0.3, 0.4) is 0 Å². The van der Waals surface area contributed by atoms with Crippen molar-refractivity contribution in [3.8, 4) is 0 Å². The van der Waals surface area contributed by atoms with E-state index < -0.39 is 12.0 Å². The number of hydrogen-bond donors (Lipinski definition) is 2. The van der Waals surface area contributed by atoms with E-state index in [1.165, 1.54) is 10.8 Å². The number of fused-ring (bicyclic) bond motifs is 1. The van der Waals surface area contributed by atoms with Crippen LogP contribution in [-0.2, 0) is 4.79 Å². The van der Waals surface area contributed by atoms with Crippen molar-refractivity contribution in [3.63, 3.8) is 0 Å². The third-order valence-electron chi connectivity index (χ3n) is 1.93. The van der Waals surface area contributed by atoms with Crippen LogP contribution in [0.5, 0.6) is 0 Å². The van der Waals surface area contributed by atoms with Gasteiger partial charge >= 0.3 is 5.97 Å². The molecule has 2 heterocycles. The molecule has 0 radical (unpaired) electrons. The largest absolute Gasteiger partial charge is 0.480 e. The van der Waals surface area contributed by atoms with E-state index in [2.05, 4.69) is 10.1 Å². The maximum Gasteiger partial charge on any atom is 0.325 e. The summed E-state index contributed by atoms with van der Waals surface area (Å²) < 4.78 is 1.53. The highest BCUT2D eigenvalue weighted by Crippen LogP contribution is 2.13. The lowest BCUT2D eigenvalue weighted by Crippen LogP contribution is -2.19. The van der Waals surface area contributed by atoms with Crippen LogP contribution < -0.4 is 5.73 Å². The summed E-state index contributed by atoms with van der Waals surface area (Å²) in [5.74, 6) is -1.06. The molecule has 2 rings (SSSR count). The molecule has 0 spiro atoms. The lowest BCUT2D eigenvalue weighted by molar-refractivity contribution is -0.138. The van der Waals surface area contributed by atoms with Gasteiger partial charge in [-0.2, -0.15) is 5.10 Å². The maximum atomic E-state index is 10.6. The van der Waals surface area contributed by atoms with Crippen molar-refractivity contribution in [3.05, 3.63) is 30.4 Å². The molecule has 0 saturated heterocycles. The van der Waals surface area contributed by atoms with Crippen molar-refractivity contribution < 1.29 is 9.90 Å². The van der Waals surface area contributed by atoms with Crippen LogP contribution in [0.25, 0.3) is 5.52 Å². The summed E-state index contributed by atoms with van der Waals surface area (Å²) >= 11 is 0. The molecule has 1 atom stereocenters. The number of aromatic nitrogens is 3. The summed E-state index contributed by atoms with van der Waals surface area (Å²) in [4.78, 5) is 14.4. The predicted octanol–water partition coefficient (Wildman–Crippen LogP) is -0.186. The van der Waals surface area contributed by atoms with Crippen molar-refractivity contribution >= 4 is 11.5 Å². The number of rotatable bonds is 2. The quantitative estimate of drug-likeness (QED) is 0.688. The van der Waals surface area contributed by atoms with Gasteiger partial charge in [0.2, 0.25) is 0 Å². The summed E-state index contributed by atoms with van der Waals surface area (Å²) in [5.41, 5.74) is 6.67. The fourth-order valence-corrected chi connectivity index (χ4v) is 1.19. The molecule has 1 unspecified atom stereocenters. The molecule has 0 saturated carbocycles. The van der Waals surface area contributed by atoms with E-state index in [0.29, 0.717) is 5.56 Å². The molecule has 0 bridgehead atoms. The topological polar surface area (TPSA) is 93.5 Å². The molecule has 3 N–H and O–H groups in total. The van der Waals surface area contributed by atoms with Gasteiger partial charge in [0, 0.05) is 11.8 Å². The first-order valence-electron chi connectivity index (χ1n) is 3.95. The Kier molecular flexibility index (Phi) is 1.90. The summed E-state index contributed by atoms with van der Waals surface area (Å²) in [6, 6.07) is 0.635. The van der Waals surface area contributed by atoms with Crippen molar-refractivity contribution in [2.45, 2.75) is 6.04 Å². The predicted molar refractivity (Wildman–Crippen MR) is 47.6 cm³/mol. The van der Waals surface area contributed by atoms with Crippen LogP contribution in [0.15, 0.2) is 24.8 Å². The fourth-order valence-electron chi connectivity index (χ4n) is 1.19. The molecule has 0 aliphatic heterocycles. The maximum absolute atomic E-state index is 10.6. The number of hydrogen-bond acceptors (Lipinski definition) is 4. The van der Waals surface area contributed by atoms with Gasteiger partial charge in [-0.05, 0) is 6.07 Å². The first-order valence-corrected chi connectivity index (χ1v) is 3.95. The summed E-state index contributed by atoms with van der Waals surface area (Å²) in [6.45, 7) is 0. The molecule has 14 heavy (non-hydrogen) atoms. The van der Waals surface area contributed by atoms with E-state index in [1.807, 2.05) is 0 Å². The second kappa shape index (κ2) is 3.08. The van der Waals surface area contributed by atoms with Gasteiger partial charge in [0.15, 0.2) is 0 Å². The fraction of sp³-hybridized carbons (Fsp3) is 0.125. The summed E-state index contributed by atoms with van der Waals surface area (Å²) in [6.07, 6.45) is 4.55. The van der Waals surface area contributed by atoms with Crippen molar-refractivity contribution in [2.24, 2.45) is 5.73 Å².